The van der Waals surface area contributed by atoms with Gasteiger partial charge in [-0.1, -0.05) is 29.4 Å². The predicted molar refractivity (Wildman–Crippen MR) is 108 cm³/mol. The lowest BCUT2D eigenvalue weighted by Crippen LogP contribution is -2.17. The van der Waals surface area contributed by atoms with Gasteiger partial charge < -0.3 is 15.9 Å². The average Bonchev–Trinajstić information content (AvgIpc) is 3.04. The van der Waals surface area contributed by atoms with Gasteiger partial charge in [-0.3, -0.25) is 4.79 Å². The summed E-state index contributed by atoms with van der Waals surface area (Å²) in [6.45, 7) is -1.09. The normalized spacial score (nSPS) is 10.9. The molecule has 1 aromatic heterocycles. The first kappa shape index (κ1) is 20.9. The summed E-state index contributed by atoms with van der Waals surface area (Å²) in [7, 11) is 0. The topological polar surface area (TPSA) is 95.1 Å². The van der Waals surface area contributed by atoms with E-state index in [1.54, 1.807) is 18.2 Å². The van der Waals surface area contributed by atoms with E-state index in [-0.39, 0.29) is 17.4 Å². The summed E-state index contributed by atoms with van der Waals surface area (Å²) in [6.07, 6.45) is 0. The number of anilines is 1. The zero-order chi connectivity index (χ0) is 21.0. The van der Waals surface area contributed by atoms with Crippen LogP contribution in [0.25, 0.3) is 11.4 Å². The van der Waals surface area contributed by atoms with Crippen LogP contribution >= 0.6 is 23.4 Å². The molecule has 7 nitrogen and oxygen atoms in total. The molecule has 0 radical (unpaired) electrons. The molecule has 3 rings (SSSR count). The highest BCUT2D eigenvalue weighted by Gasteiger charge is 2.15. The van der Waals surface area contributed by atoms with Gasteiger partial charge in [0.1, 0.15) is 5.75 Å². The predicted octanol–water partition coefficient (Wildman–Crippen LogP) is 3.95. The second kappa shape index (κ2) is 9.10. The number of rotatable bonds is 7. The first-order valence-corrected chi connectivity index (χ1v) is 9.65. The van der Waals surface area contributed by atoms with E-state index in [1.165, 1.54) is 28.9 Å². The Morgan fingerprint density at radius 2 is 2.00 bits per heavy atom. The number of aromatic nitrogens is 3. The maximum absolute atomic E-state index is 12.2. The molecule has 0 aliphatic heterocycles. The molecule has 0 atom stereocenters. The highest BCUT2D eigenvalue weighted by molar-refractivity contribution is 7.99. The Bertz CT molecular complexity index is 1010. The van der Waals surface area contributed by atoms with Crippen LogP contribution in [0, 0.1) is 6.92 Å². The molecular weight excluding hydrogens is 424 g/mol. The van der Waals surface area contributed by atoms with E-state index in [0.717, 1.165) is 17.3 Å². The average molecular weight is 440 g/mol. The highest BCUT2D eigenvalue weighted by atomic mass is 35.5. The summed E-state index contributed by atoms with van der Waals surface area (Å²) >= 11 is 7.15. The zero-order valence-electron chi connectivity index (χ0n) is 15.1. The number of nitrogens with two attached hydrogens (primary N) is 1. The van der Waals surface area contributed by atoms with Crippen LogP contribution in [0.4, 0.5) is 14.5 Å². The summed E-state index contributed by atoms with van der Waals surface area (Å²) in [4.78, 5) is 12.2. The van der Waals surface area contributed by atoms with Crippen LogP contribution in [0.1, 0.15) is 5.56 Å². The second-order valence-electron chi connectivity index (χ2n) is 5.83. The minimum absolute atomic E-state index is 0.0226. The van der Waals surface area contributed by atoms with E-state index in [1.807, 2.05) is 6.92 Å². The molecule has 0 spiro atoms. The first-order valence-electron chi connectivity index (χ1n) is 8.28. The van der Waals surface area contributed by atoms with E-state index in [4.69, 9.17) is 17.4 Å². The van der Waals surface area contributed by atoms with Crippen LogP contribution in [0.5, 0.6) is 5.75 Å². The number of amides is 1. The number of halogens is 3. The van der Waals surface area contributed by atoms with Gasteiger partial charge in [0.15, 0.2) is 5.82 Å². The van der Waals surface area contributed by atoms with Crippen molar-refractivity contribution in [1.82, 2.24) is 14.9 Å². The molecule has 1 heterocycles. The number of ether oxygens (including phenoxy) is 1. The summed E-state index contributed by atoms with van der Waals surface area (Å²) in [5.41, 5.74) is 1.97. The van der Waals surface area contributed by atoms with Gasteiger partial charge in [0, 0.05) is 16.3 Å². The Labute approximate surface area is 174 Å². The third-order valence-electron chi connectivity index (χ3n) is 3.88. The molecule has 152 valence electrons. The number of nitrogen functional groups attached to an aromatic ring is 1. The van der Waals surface area contributed by atoms with Crippen molar-refractivity contribution in [2.45, 2.75) is 18.7 Å². The molecule has 3 N–H and O–H groups in total. The number of hydrogen-bond donors (Lipinski definition) is 2. The first-order chi connectivity index (χ1) is 13.8. The van der Waals surface area contributed by atoms with Crippen molar-refractivity contribution in [3.63, 3.8) is 0 Å². The van der Waals surface area contributed by atoms with E-state index in [0.29, 0.717) is 27.3 Å². The summed E-state index contributed by atoms with van der Waals surface area (Å²) in [5.74, 6) is 6.16. The van der Waals surface area contributed by atoms with Crippen molar-refractivity contribution in [3.05, 3.63) is 53.1 Å². The van der Waals surface area contributed by atoms with Crippen molar-refractivity contribution >= 4 is 35.0 Å². The van der Waals surface area contributed by atoms with E-state index in [9.17, 15) is 13.6 Å². The molecule has 0 aliphatic rings. The second-order valence-corrected chi connectivity index (χ2v) is 7.18. The number of thioether (sulfide) groups is 1. The van der Waals surface area contributed by atoms with Gasteiger partial charge in [-0.15, -0.1) is 10.2 Å². The van der Waals surface area contributed by atoms with Crippen molar-refractivity contribution in [2.75, 3.05) is 16.9 Å². The molecule has 3 aromatic rings. The van der Waals surface area contributed by atoms with E-state index >= 15 is 0 Å². The van der Waals surface area contributed by atoms with Crippen LogP contribution in [0.15, 0.2) is 47.6 Å². The number of carbonyl (C=O) groups is 1. The maximum Gasteiger partial charge on any atom is 0.387 e. The third-order valence-corrected chi connectivity index (χ3v) is 5.23. The van der Waals surface area contributed by atoms with Crippen LogP contribution < -0.4 is 15.9 Å². The molecule has 0 aliphatic carbocycles. The van der Waals surface area contributed by atoms with Crippen molar-refractivity contribution in [2.24, 2.45) is 0 Å². The minimum Gasteiger partial charge on any atom is -0.435 e. The lowest BCUT2D eigenvalue weighted by atomic mass is 10.2. The van der Waals surface area contributed by atoms with Crippen LogP contribution in [-0.2, 0) is 4.79 Å². The summed E-state index contributed by atoms with van der Waals surface area (Å²) in [5, 5.41) is 11.6. The summed E-state index contributed by atoms with van der Waals surface area (Å²) in [6, 6.07) is 11.1. The van der Waals surface area contributed by atoms with Gasteiger partial charge in [-0.25, -0.2) is 4.68 Å². The molecule has 11 heteroatoms. The standard InChI is InChI=1S/C18H16ClF2N5O2S/c1-10-13(19)3-2-4-14(10)23-15(27)9-29-18-25-24-16(26(18)22)11-5-7-12(8-6-11)28-17(20)21/h2-8,17H,9,22H2,1H3,(H,23,27). The largest absolute Gasteiger partial charge is 0.435 e. The van der Waals surface area contributed by atoms with Gasteiger partial charge >= 0.3 is 6.61 Å². The molecule has 0 saturated carbocycles. The Morgan fingerprint density at radius 1 is 1.28 bits per heavy atom. The molecule has 0 fully saturated rings. The number of carbonyl (C=O) groups excluding carboxylic acids is 1. The number of nitrogens with zero attached hydrogens (tertiary/aromatic N) is 3. The zero-order valence-corrected chi connectivity index (χ0v) is 16.7. The van der Waals surface area contributed by atoms with Crippen LogP contribution in [0.3, 0.4) is 0 Å². The molecule has 0 unspecified atom stereocenters. The van der Waals surface area contributed by atoms with Crippen molar-refractivity contribution < 1.29 is 18.3 Å². The van der Waals surface area contributed by atoms with Gasteiger partial charge in [-0.2, -0.15) is 8.78 Å². The lowest BCUT2D eigenvalue weighted by Gasteiger charge is -2.09. The van der Waals surface area contributed by atoms with Gasteiger partial charge in [0.2, 0.25) is 11.1 Å². The molecule has 1 amide bonds. The monoisotopic (exact) mass is 439 g/mol. The van der Waals surface area contributed by atoms with Crippen molar-refractivity contribution in [3.8, 4) is 17.1 Å². The molecule has 0 bridgehead atoms. The Morgan fingerprint density at radius 3 is 2.69 bits per heavy atom. The molecule has 0 saturated heterocycles. The molecular formula is C18H16ClF2N5O2S. The maximum atomic E-state index is 12.2. The van der Waals surface area contributed by atoms with Crippen molar-refractivity contribution in [1.29, 1.82) is 0 Å². The highest BCUT2D eigenvalue weighted by Crippen LogP contribution is 2.26. The molecule has 29 heavy (non-hydrogen) atoms. The van der Waals surface area contributed by atoms with E-state index in [2.05, 4.69) is 20.3 Å². The fourth-order valence-electron chi connectivity index (χ4n) is 2.42. The van der Waals surface area contributed by atoms with Gasteiger partial charge in [-0.05, 0) is 48.9 Å². The SMILES string of the molecule is Cc1c(Cl)cccc1NC(=O)CSc1nnc(-c2ccc(OC(F)F)cc2)n1N. The quantitative estimate of drug-likeness (QED) is 0.427. The fourth-order valence-corrected chi connectivity index (χ4v) is 3.25. The lowest BCUT2D eigenvalue weighted by molar-refractivity contribution is -0.113. The Hall–Kier alpha value is -2.85. The van der Waals surface area contributed by atoms with Crippen LogP contribution in [-0.4, -0.2) is 33.1 Å². The number of hydrogen-bond acceptors (Lipinski definition) is 6. The number of benzene rings is 2. The minimum atomic E-state index is -2.90. The Balaban J connectivity index is 1.63. The van der Waals surface area contributed by atoms with Gasteiger partial charge in [0.25, 0.3) is 0 Å². The number of nitrogens with one attached hydrogen (secondary N) is 1. The third kappa shape index (κ3) is 5.15. The van der Waals surface area contributed by atoms with E-state index < -0.39 is 6.61 Å². The fraction of sp³-hybridized carbons (Fsp3) is 0.167. The van der Waals surface area contributed by atoms with Gasteiger partial charge in [0.05, 0.1) is 5.75 Å². The Kier molecular flexibility index (Phi) is 6.55. The van der Waals surface area contributed by atoms with Crippen LogP contribution in [0.2, 0.25) is 5.02 Å². The smallest absolute Gasteiger partial charge is 0.387 e. The summed E-state index contributed by atoms with van der Waals surface area (Å²) < 4.78 is 30.0. The number of alkyl halides is 2. The molecule has 2 aromatic carbocycles.